The highest BCUT2D eigenvalue weighted by Gasteiger charge is 2.60. The lowest BCUT2D eigenvalue weighted by Crippen LogP contribution is -2.63. The largest absolute Gasteiger partial charge is 0.333 e. The smallest absolute Gasteiger partial charge is 0.328 e. The number of hydrogen-bond acceptors (Lipinski definition) is 4. The Balaban J connectivity index is 1.50. The minimum Gasteiger partial charge on any atom is -0.333 e. The van der Waals surface area contributed by atoms with Gasteiger partial charge in [0.2, 0.25) is 5.91 Å². The first-order chi connectivity index (χ1) is 14.5. The second-order valence-corrected chi connectivity index (χ2v) is 9.28. The predicted octanol–water partition coefficient (Wildman–Crippen LogP) is 1.28. The standard InChI is InChI=1S/C23H28N4O3/c1-23-13-16-17(12-15-6-3-2-4-7-15)27(19(23)9-5-8-18(23)24-16)21(29)14-26-11-10-20(28)25-22(26)30/h2-4,6-7,10-11,16-19,24H,5,8-9,12-14H2,1H3,(H,25,28,30)/t16-,17+,18-,19+,23-/m0/s1. The summed E-state index contributed by atoms with van der Waals surface area (Å²) < 4.78 is 1.30. The van der Waals surface area contributed by atoms with Gasteiger partial charge in [0.25, 0.3) is 5.56 Å². The molecule has 5 atom stereocenters. The Labute approximate surface area is 175 Å². The van der Waals surface area contributed by atoms with E-state index in [9.17, 15) is 14.4 Å². The summed E-state index contributed by atoms with van der Waals surface area (Å²) in [7, 11) is 0. The molecule has 2 aromatic rings. The highest BCUT2D eigenvalue weighted by Crippen LogP contribution is 2.52. The Morgan fingerprint density at radius 2 is 1.97 bits per heavy atom. The van der Waals surface area contributed by atoms with E-state index in [-0.39, 0.29) is 36.0 Å². The number of aromatic amines is 1. The number of benzene rings is 1. The molecule has 2 saturated heterocycles. The summed E-state index contributed by atoms with van der Waals surface area (Å²) in [5, 5.41) is 3.85. The fourth-order valence-corrected chi connectivity index (χ4v) is 6.13. The minimum atomic E-state index is -0.540. The summed E-state index contributed by atoms with van der Waals surface area (Å²) in [5.74, 6) is -0.0460. The van der Waals surface area contributed by atoms with E-state index in [0.29, 0.717) is 6.04 Å². The molecule has 3 aliphatic rings. The van der Waals surface area contributed by atoms with Crippen molar-refractivity contribution in [1.82, 2.24) is 19.8 Å². The van der Waals surface area contributed by atoms with E-state index in [1.165, 1.54) is 22.4 Å². The average molecular weight is 409 g/mol. The molecule has 3 heterocycles. The summed E-state index contributed by atoms with van der Waals surface area (Å²) in [5.41, 5.74) is 0.296. The number of carbonyl (C=O) groups excluding carboxylic acids is 1. The van der Waals surface area contributed by atoms with Crippen LogP contribution in [0.4, 0.5) is 0 Å². The van der Waals surface area contributed by atoms with Crippen molar-refractivity contribution >= 4 is 5.91 Å². The molecule has 1 aromatic heterocycles. The maximum atomic E-state index is 13.6. The molecule has 1 amide bonds. The van der Waals surface area contributed by atoms with Crippen molar-refractivity contribution in [2.75, 3.05) is 0 Å². The van der Waals surface area contributed by atoms with Crippen molar-refractivity contribution in [3.05, 3.63) is 69.0 Å². The van der Waals surface area contributed by atoms with Crippen LogP contribution in [0.3, 0.4) is 0 Å². The van der Waals surface area contributed by atoms with Crippen LogP contribution in [-0.4, -0.2) is 44.5 Å². The summed E-state index contributed by atoms with van der Waals surface area (Å²) in [6.07, 6.45) is 6.55. The molecule has 1 saturated carbocycles. The molecule has 2 N–H and O–H groups in total. The summed E-state index contributed by atoms with van der Waals surface area (Å²) in [4.78, 5) is 41.5. The molecule has 1 aromatic carbocycles. The molecule has 1 aliphatic carbocycles. The van der Waals surface area contributed by atoms with Gasteiger partial charge >= 0.3 is 5.69 Å². The number of rotatable bonds is 4. The van der Waals surface area contributed by atoms with Gasteiger partial charge in [0, 0.05) is 35.8 Å². The highest BCUT2D eigenvalue weighted by atomic mass is 16.2. The Morgan fingerprint density at radius 1 is 1.17 bits per heavy atom. The third-order valence-electron chi connectivity index (χ3n) is 7.54. The molecule has 2 bridgehead atoms. The monoisotopic (exact) mass is 408 g/mol. The third kappa shape index (κ3) is 3.12. The fourth-order valence-electron chi connectivity index (χ4n) is 6.13. The second-order valence-electron chi connectivity index (χ2n) is 9.28. The second kappa shape index (κ2) is 7.23. The zero-order valence-electron chi connectivity index (χ0n) is 17.2. The van der Waals surface area contributed by atoms with Gasteiger partial charge in [0.15, 0.2) is 0 Å². The maximum Gasteiger partial charge on any atom is 0.328 e. The Bertz CT molecular complexity index is 1060. The maximum absolute atomic E-state index is 13.6. The third-order valence-corrected chi connectivity index (χ3v) is 7.54. The first-order valence-corrected chi connectivity index (χ1v) is 10.9. The molecular formula is C23H28N4O3. The Morgan fingerprint density at radius 3 is 2.73 bits per heavy atom. The van der Waals surface area contributed by atoms with Crippen molar-refractivity contribution in [3.63, 3.8) is 0 Å². The molecule has 5 rings (SSSR count). The van der Waals surface area contributed by atoms with Crippen LogP contribution in [0.25, 0.3) is 0 Å². The van der Waals surface area contributed by atoms with E-state index in [1.807, 2.05) is 18.2 Å². The first kappa shape index (κ1) is 19.3. The van der Waals surface area contributed by atoms with Crippen LogP contribution in [0.2, 0.25) is 0 Å². The number of piperidine rings is 1. The number of aromatic nitrogens is 2. The molecule has 0 spiro atoms. The number of likely N-dealkylation sites (tertiary alicyclic amines) is 1. The van der Waals surface area contributed by atoms with E-state index >= 15 is 0 Å². The molecule has 158 valence electrons. The number of hydrogen-bond donors (Lipinski definition) is 2. The van der Waals surface area contributed by atoms with Gasteiger partial charge in [-0.2, -0.15) is 0 Å². The van der Waals surface area contributed by atoms with Gasteiger partial charge < -0.3 is 10.2 Å². The first-order valence-electron chi connectivity index (χ1n) is 10.9. The van der Waals surface area contributed by atoms with E-state index in [2.05, 4.69) is 34.3 Å². The Hall–Kier alpha value is -2.67. The van der Waals surface area contributed by atoms with Gasteiger partial charge in [0.05, 0.1) is 6.04 Å². The lowest BCUT2D eigenvalue weighted by Gasteiger charge is -2.53. The number of amides is 1. The molecule has 0 unspecified atom stereocenters. The predicted molar refractivity (Wildman–Crippen MR) is 113 cm³/mol. The minimum absolute atomic E-state index is 0.0460. The number of nitrogens with one attached hydrogen (secondary N) is 2. The zero-order chi connectivity index (χ0) is 20.9. The molecule has 30 heavy (non-hydrogen) atoms. The Kier molecular flexibility index (Phi) is 4.65. The topological polar surface area (TPSA) is 87.2 Å². The van der Waals surface area contributed by atoms with Crippen molar-refractivity contribution < 1.29 is 4.79 Å². The van der Waals surface area contributed by atoms with Gasteiger partial charge in [-0.3, -0.25) is 19.1 Å². The molecule has 7 heteroatoms. The van der Waals surface area contributed by atoms with Gasteiger partial charge in [-0.15, -0.1) is 0 Å². The molecule has 0 radical (unpaired) electrons. The SMILES string of the molecule is C[C@]12C[C@@H]3N[C@H]1CCC[C@H]2N(C(=O)Cn1ccc(=O)[nH]c1=O)[C@@H]3Cc1ccccc1. The fraction of sp³-hybridized carbons (Fsp3) is 0.522. The average Bonchev–Trinajstić information content (AvgIpc) is 3.07. The number of nitrogens with zero attached hydrogens (tertiary/aromatic N) is 2. The molecule has 2 aliphatic heterocycles. The summed E-state index contributed by atoms with van der Waals surface area (Å²) >= 11 is 0. The molecule has 7 nitrogen and oxygen atoms in total. The van der Waals surface area contributed by atoms with Crippen molar-refractivity contribution in [1.29, 1.82) is 0 Å². The summed E-state index contributed by atoms with van der Waals surface area (Å²) in [6.45, 7) is 2.27. The lowest BCUT2D eigenvalue weighted by molar-refractivity contribution is -0.145. The normalized spacial score (nSPS) is 32.2. The molecular weight excluding hydrogens is 380 g/mol. The van der Waals surface area contributed by atoms with Crippen LogP contribution >= 0.6 is 0 Å². The van der Waals surface area contributed by atoms with Gasteiger partial charge in [-0.05, 0) is 37.7 Å². The van der Waals surface area contributed by atoms with Crippen molar-refractivity contribution in [2.24, 2.45) is 5.41 Å². The van der Waals surface area contributed by atoms with Crippen LogP contribution < -0.4 is 16.6 Å². The van der Waals surface area contributed by atoms with E-state index in [4.69, 9.17) is 0 Å². The van der Waals surface area contributed by atoms with E-state index < -0.39 is 11.2 Å². The molecule has 3 fully saturated rings. The van der Waals surface area contributed by atoms with Gasteiger partial charge in [-0.25, -0.2) is 4.79 Å². The van der Waals surface area contributed by atoms with Gasteiger partial charge in [-0.1, -0.05) is 37.3 Å². The number of H-pyrrole nitrogens is 1. The van der Waals surface area contributed by atoms with Crippen LogP contribution in [0.1, 0.15) is 38.2 Å². The van der Waals surface area contributed by atoms with Crippen molar-refractivity contribution in [3.8, 4) is 0 Å². The van der Waals surface area contributed by atoms with Crippen LogP contribution in [0.15, 0.2) is 52.2 Å². The highest BCUT2D eigenvalue weighted by molar-refractivity contribution is 5.77. The van der Waals surface area contributed by atoms with E-state index in [0.717, 1.165) is 32.1 Å². The van der Waals surface area contributed by atoms with Crippen LogP contribution in [0.5, 0.6) is 0 Å². The zero-order valence-corrected chi connectivity index (χ0v) is 17.2. The van der Waals surface area contributed by atoms with Crippen LogP contribution in [0, 0.1) is 5.41 Å². The summed E-state index contributed by atoms with van der Waals surface area (Å²) in [6, 6.07) is 12.5. The number of fused-ring (bicyclic) bond motifs is 1. The van der Waals surface area contributed by atoms with Crippen molar-refractivity contribution in [2.45, 2.75) is 69.7 Å². The van der Waals surface area contributed by atoms with Gasteiger partial charge in [0.1, 0.15) is 6.54 Å². The quantitative estimate of drug-likeness (QED) is 0.798. The number of carbonyl (C=O) groups is 1. The lowest BCUT2D eigenvalue weighted by atomic mass is 9.64. The van der Waals surface area contributed by atoms with Crippen LogP contribution in [-0.2, 0) is 17.8 Å². The van der Waals surface area contributed by atoms with E-state index in [1.54, 1.807) is 0 Å².